The summed E-state index contributed by atoms with van der Waals surface area (Å²) in [6, 6.07) is 4.31. The Labute approximate surface area is 67.6 Å². The van der Waals surface area contributed by atoms with Gasteiger partial charge in [0.15, 0.2) is 0 Å². The van der Waals surface area contributed by atoms with Crippen LogP contribution in [0.5, 0.6) is 0 Å². The summed E-state index contributed by atoms with van der Waals surface area (Å²) in [4.78, 5) is 3.53. The highest BCUT2D eigenvalue weighted by molar-refractivity contribution is 5.64. The number of allylic oxidation sites excluding steroid dienone is 1. The number of aromatic nitrogens is 1. The lowest BCUT2D eigenvalue weighted by atomic mass is 10.2. The number of nitrogens with zero attached hydrogens (tertiary/aromatic N) is 1. The maximum Gasteiger partial charge on any atom is 0.417 e. The van der Waals surface area contributed by atoms with Gasteiger partial charge < -0.3 is 0 Å². The summed E-state index contributed by atoms with van der Waals surface area (Å²) < 4.78 is 36.0. The van der Waals surface area contributed by atoms with E-state index in [4.69, 9.17) is 0 Å². The molecule has 1 rings (SSSR count). The Kier molecular flexibility index (Phi) is 2.17. The normalized spacial score (nSPS) is 11.2. The molecule has 0 saturated carbocycles. The second-order valence-electron chi connectivity index (χ2n) is 2.19. The summed E-state index contributed by atoms with van der Waals surface area (Å²) in [7, 11) is 0. The fourth-order valence-corrected chi connectivity index (χ4v) is 0.686. The Morgan fingerprint density at radius 3 is 2.42 bits per heavy atom. The Balaban J connectivity index is 2.94. The van der Waals surface area contributed by atoms with Crippen molar-refractivity contribution in [3.63, 3.8) is 0 Å². The molecule has 1 aromatic heterocycles. The Hall–Kier alpha value is -1.32. The Bertz CT molecular complexity index is 276. The van der Waals surface area contributed by atoms with Gasteiger partial charge in [0, 0.05) is 6.20 Å². The lowest BCUT2D eigenvalue weighted by Gasteiger charge is -2.07. The van der Waals surface area contributed by atoms with Crippen LogP contribution in [-0.2, 0) is 0 Å². The fraction of sp³-hybridized carbons (Fsp3) is 0.125. The SMILES string of the molecule is C=C(c1ccccn1)C(F)(F)F. The lowest BCUT2D eigenvalue weighted by Crippen LogP contribution is -2.10. The first-order valence-electron chi connectivity index (χ1n) is 3.19. The minimum absolute atomic E-state index is 0.134. The zero-order chi connectivity index (χ0) is 9.19. The summed E-state index contributed by atoms with van der Waals surface area (Å²) in [6.45, 7) is 2.91. The van der Waals surface area contributed by atoms with Crippen molar-refractivity contribution in [2.45, 2.75) is 6.18 Å². The predicted octanol–water partition coefficient (Wildman–Crippen LogP) is 2.66. The van der Waals surface area contributed by atoms with Gasteiger partial charge in [0.1, 0.15) is 0 Å². The minimum atomic E-state index is -4.39. The molecule has 0 N–H and O–H groups in total. The minimum Gasteiger partial charge on any atom is -0.256 e. The molecule has 0 unspecified atom stereocenters. The van der Waals surface area contributed by atoms with E-state index in [1.165, 1.54) is 18.3 Å². The van der Waals surface area contributed by atoms with Gasteiger partial charge in [0.25, 0.3) is 0 Å². The van der Waals surface area contributed by atoms with Crippen LogP contribution in [0.15, 0.2) is 31.0 Å². The van der Waals surface area contributed by atoms with E-state index in [0.29, 0.717) is 0 Å². The molecular weight excluding hydrogens is 167 g/mol. The predicted molar refractivity (Wildman–Crippen MR) is 39.3 cm³/mol. The maximum atomic E-state index is 12.0. The standard InChI is InChI=1S/C8H6F3N/c1-6(8(9,10)11)7-4-2-3-5-12-7/h2-5H,1H2. The van der Waals surface area contributed by atoms with Crippen molar-refractivity contribution >= 4 is 5.57 Å². The van der Waals surface area contributed by atoms with E-state index in [9.17, 15) is 13.2 Å². The maximum absolute atomic E-state index is 12.0. The van der Waals surface area contributed by atoms with Gasteiger partial charge >= 0.3 is 6.18 Å². The molecule has 0 saturated heterocycles. The van der Waals surface area contributed by atoms with Crippen molar-refractivity contribution in [2.24, 2.45) is 0 Å². The first-order chi connectivity index (χ1) is 5.52. The first kappa shape index (κ1) is 8.77. The van der Waals surface area contributed by atoms with Crippen molar-refractivity contribution in [3.8, 4) is 0 Å². The lowest BCUT2D eigenvalue weighted by molar-refractivity contribution is -0.0688. The number of hydrogen-bond donors (Lipinski definition) is 0. The summed E-state index contributed by atoms with van der Waals surface area (Å²) in [6.07, 6.45) is -3.10. The van der Waals surface area contributed by atoms with Gasteiger partial charge in [-0.2, -0.15) is 13.2 Å². The molecule has 0 bridgehead atoms. The molecule has 4 heteroatoms. The molecule has 64 valence electrons. The van der Waals surface area contributed by atoms with E-state index in [0.717, 1.165) is 0 Å². The zero-order valence-electron chi connectivity index (χ0n) is 6.10. The molecule has 0 aliphatic rings. The number of halogens is 3. The fourth-order valence-electron chi connectivity index (χ4n) is 0.686. The number of alkyl halides is 3. The third-order valence-electron chi connectivity index (χ3n) is 1.32. The number of hydrogen-bond acceptors (Lipinski definition) is 1. The van der Waals surface area contributed by atoms with E-state index < -0.39 is 11.7 Å². The van der Waals surface area contributed by atoms with E-state index in [1.807, 2.05) is 0 Å². The van der Waals surface area contributed by atoms with Crippen LogP contribution in [0.1, 0.15) is 5.69 Å². The number of pyridine rings is 1. The summed E-state index contributed by atoms with van der Waals surface area (Å²) >= 11 is 0. The molecule has 1 aromatic rings. The molecule has 1 nitrogen and oxygen atoms in total. The van der Waals surface area contributed by atoms with Gasteiger partial charge in [-0.25, -0.2) is 0 Å². The molecule has 12 heavy (non-hydrogen) atoms. The quantitative estimate of drug-likeness (QED) is 0.636. The first-order valence-corrected chi connectivity index (χ1v) is 3.19. The van der Waals surface area contributed by atoms with Crippen LogP contribution in [0.3, 0.4) is 0 Å². The Morgan fingerprint density at radius 1 is 1.33 bits per heavy atom. The van der Waals surface area contributed by atoms with Gasteiger partial charge in [-0.15, -0.1) is 0 Å². The molecule has 0 spiro atoms. The van der Waals surface area contributed by atoms with E-state index in [-0.39, 0.29) is 5.69 Å². The van der Waals surface area contributed by atoms with Crippen LogP contribution in [0.4, 0.5) is 13.2 Å². The highest BCUT2D eigenvalue weighted by atomic mass is 19.4. The van der Waals surface area contributed by atoms with Crippen molar-refractivity contribution in [1.82, 2.24) is 4.98 Å². The molecule has 0 fully saturated rings. The molecule has 0 aliphatic carbocycles. The molecule has 0 aromatic carbocycles. The third kappa shape index (κ3) is 1.84. The monoisotopic (exact) mass is 173 g/mol. The van der Waals surface area contributed by atoms with Crippen molar-refractivity contribution < 1.29 is 13.2 Å². The van der Waals surface area contributed by atoms with E-state index in [2.05, 4.69) is 11.6 Å². The van der Waals surface area contributed by atoms with E-state index >= 15 is 0 Å². The summed E-state index contributed by atoms with van der Waals surface area (Å²) in [5.74, 6) is 0. The average molecular weight is 173 g/mol. The summed E-state index contributed by atoms with van der Waals surface area (Å²) in [5, 5.41) is 0. The molecule has 1 heterocycles. The number of rotatable bonds is 1. The zero-order valence-corrected chi connectivity index (χ0v) is 6.10. The van der Waals surface area contributed by atoms with Gasteiger partial charge in [0.2, 0.25) is 0 Å². The van der Waals surface area contributed by atoms with Gasteiger partial charge in [-0.05, 0) is 12.1 Å². The van der Waals surface area contributed by atoms with Crippen LogP contribution in [0.25, 0.3) is 5.57 Å². The van der Waals surface area contributed by atoms with Crippen molar-refractivity contribution in [1.29, 1.82) is 0 Å². The average Bonchev–Trinajstić information content (AvgIpc) is 2.03. The van der Waals surface area contributed by atoms with Crippen LogP contribution in [0.2, 0.25) is 0 Å². The highest BCUT2D eigenvalue weighted by Crippen LogP contribution is 2.30. The van der Waals surface area contributed by atoms with Gasteiger partial charge in [0.05, 0.1) is 11.3 Å². The van der Waals surface area contributed by atoms with Crippen LogP contribution in [-0.4, -0.2) is 11.2 Å². The van der Waals surface area contributed by atoms with Crippen LogP contribution >= 0.6 is 0 Å². The van der Waals surface area contributed by atoms with Gasteiger partial charge in [-0.3, -0.25) is 4.98 Å². The second kappa shape index (κ2) is 2.97. The molecule has 0 amide bonds. The van der Waals surface area contributed by atoms with Crippen molar-refractivity contribution in [3.05, 3.63) is 36.7 Å². The van der Waals surface area contributed by atoms with Crippen LogP contribution in [0, 0.1) is 0 Å². The van der Waals surface area contributed by atoms with E-state index in [1.54, 1.807) is 6.07 Å². The molecule has 0 radical (unpaired) electrons. The molecule has 0 aliphatic heterocycles. The third-order valence-corrected chi connectivity index (χ3v) is 1.32. The molecule has 0 atom stereocenters. The van der Waals surface area contributed by atoms with Crippen molar-refractivity contribution in [2.75, 3.05) is 0 Å². The van der Waals surface area contributed by atoms with Gasteiger partial charge in [-0.1, -0.05) is 12.6 Å². The highest BCUT2D eigenvalue weighted by Gasteiger charge is 2.33. The van der Waals surface area contributed by atoms with Crippen LogP contribution < -0.4 is 0 Å². The smallest absolute Gasteiger partial charge is 0.256 e. The Morgan fingerprint density at radius 2 is 2.00 bits per heavy atom. The summed E-state index contributed by atoms with van der Waals surface area (Å²) in [5.41, 5.74) is -1.05. The molecular formula is C8H6F3N. The topological polar surface area (TPSA) is 12.9 Å². The second-order valence-corrected chi connectivity index (χ2v) is 2.19. The largest absolute Gasteiger partial charge is 0.417 e.